The number of hydrogen-bond donors (Lipinski definition) is 0. The summed E-state index contributed by atoms with van der Waals surface area (Å²) in [6.07, 6.45) is 0. The van der Waals surface area contributed by atoms with Crippen LogP contribution in [0.25, 0.3) is 10.9 Å². The lowest BCUT2D eigenvalue weighted by atomic mass is 10.1. The van der Waals surface area contributed by atoms with Gasteiger partial charge < -0.3 is 4.74 Å². The molecule has 100 valence electrons. The second-order valence-corrected chi connectivity index (χ2v) is 5.04. The topological polar surface area (TPSA) is 22.1 Å². The quantitative estimate of drug-likeness (QED) is 0.697. The molecule has 0 fully saturated rings. The molecule has 0 bridgehead atoms. The summed E-state index contributed by atoms with van der Waals surface area (Å²) >= 11 is 0. The molecule has 0 unspecified atom stereocenters. The van der Waals surface area contributed by atoms with E-state index in [1.165, 1.54) is 11.1 Å². The van der Waals surface area contributed by atoms with E-state index in [1.807, 2.05) is 37.3 Å². The van der Waals surface area contributed by atoms with Crippen LogP contribution in [-0.2, 0) is 6.61 Å². The third-order valence-corrected chi connectivity index (χ3v) is 3.35. The van der Waals surface area contributed by atoms with Crippen molar-refractivity contribution in [2.24, 2.45) is 0 Å². The molecule has 0 spiro atoms. The van der Waals surface area contributed by atoms with E-state index in [2.05, 4.69) is 36.2 Å². The van der Waals surface area contributed by atoms with Crippen LogP contribution in [0.1, 0.15) is 16.8 Å². The van der Waals surface area contributed by atoms with Gasteiger partial charge >= 0.3 is 0 Å². The highest BCUT2D eigenvalue weighted by Gasteiger charge is 2.04. The summed E-state index contributed by atoms with van der Waals surface area (Å²) in [5.41, 5.74) is 4.46. The molecule has 0 saturated carbocycles. The van der Waals surface area contributed by atoms with Gasteiger partial charge in [-0.05, 0) is 38.1 Å². The molecule has 0 N–H and O–H groups in total. The van der Waals surface area contributed by atoms with Crippen LogP contribution in [0.4, 0.5) is 0 Å². The first kappa shape index (κ1) is 12.7. The minimum absolute atomic E-state index is 0.562. The number of aromatic nitrogens is 1. The van der Waals surface area contributed by atoms with Gasteiger partial charge in [-0.25, -0.2) is 0 Å². The molecule has 0 amide bonds. The Bertz CT molecular complexity index is 732. The molecule has 0 aliphatic heterocycles. The van der Waals surface area contributed by atoms with Crippen molar-refractivity contribution in [1.82, 2.24) is 4.98 Å². The fourth-order valence-corrected chi connectivity index (χ4v) is 2.31. The predicted octanol–water partition coefficient (Wildman–Crippen LogP) is 4.43. The van der Waals surface area contributed by atoms with E-state index >= 15 is 0 Å². The molecule has 0 atom stereocenters. The number of nitrogens with zero attached hydrogens (tertiary/aromatic N) is 1. The van der Waals surface area contributed by atoms with Crippen LogP contribution < -0.4 is 4.74 Å². The van der Waals surface area contributed by atoms with Crippen LogP contribution in [0.3, 0.4) is 0 Å². The molecule has 0 aliphatic rings. The highest BCUT2D eigenvalue weighted by atomic mass is 16.5. The Morgan fingerprint density at radius 2 is 1.70 bits per heavy atom. The molecule has 2 heteroatoms. The smallest absolute Gasteiger partial charge is 0.119 e. The SMILES string of the molecule is Cc1ccc(OCc2cc(C)nc3ccccc23)cc1. The van der Waals surface area contributed by atoms with Gasteiger partial charge in [0.15, 0.2) is 0 Å². The first-order chi connectivity index (χ1) is 9.72. The highest BCUT2D eigenvalue weighted by Crippen LogP contribution is 2.20. The van der Waals surface area contributed by atoms with Gasteiger partial charge in [-0.1, -0.05) is 35.9 Å². The predicted molar refractivity (Wildman–Crippen MR) is 82.0 cm³/mol. The number of pyridine rings is 1. The van der Waals surface area contributed by atoms with E-state index in [9.17, 15) is 0 Å². The lowest BCUT2D eigenvalue weighted by Crippen LogP contribution is -1.98. The van der Waals surface area contributed by atoms with E-state index in [0.29, 0.717) is 6.61 Å². The first-order valence-electron chi connectivity index (χ1n) is 6.77. The zero-order valence-electron chi connectivity index (χ0n) is 11.8. The van der Waals surface area contributed by atoms with Crippen molar-refractivity contribution in [3.05, 3.63) is 71.4 Å². The molecule has 20 heavy (non-hydrogen) atoms. The second kappa shape index (κ2) is 5.33. The molecule has 0 radical (unpaired) electrons. The van der Waals surface area contributed by atoms with E-state index in [-0.39, 0.29) is 0 Å². The maximum absolute atomic E-state index is 5.88. The largest absolute Gasteiger partial charge is 0.489 e. The summed E-state index contributed by atoms with van der Waals surface area (Å²) in [6, 6.07) is 18.4. The Balaban J connectivity index is 1.88. The fraction of sp³-hybridized carbons (Fsp3) is 0.167. The summed E-state index contributed by atoms with van der Waals surface area (Å²) < 4.78 is 5.88. The van der Waals surface area contributed by atoms with Gasteiger partial charge in [0.2, 0.25) is 0 Å². The van der Waals surface area contributed by atoms with Crippen molar-refractivity contribution >= 4 is 10.9 Å². The van der Waals surface area contributed by atoms with E-state index in [1.54, 1.807) is 0 Å². The third-order valence-electron chi connectivity index (χ3n) is 3.35. The number of para-hydroxylation sites is 1. The van der Waals surface area contributed by atoms with Gasteiger partial charge in [0.1, 0.15) is 12.4 Å². The van der Waals surface area contributed by atoms with E-state index in [0.717, 1.165) is 22.3 Å². The van der Waals surface area contributed by atoms with Crippen molar-refractivity contribution in [2.45, 2.75) is 20.5 Å². The molecule has 2 aromatic carbocycles. The van der Waals surface area contributed by atoms with Crippen molar-refractivity contribution < 1.29 is 4.74 Å². The molecule has 0 saturated heterocycles. The summed E-state index contributed by atoms with van der Waals surface area (Å²) in [5.74, 6) is 0.897. The lowest BCUT2D eigenvalue weighted by Gasteiger charge is -2.10. The highest BCUT2D eigenvalue weighted by molar-refractivity contribution is 5.82. The number of ether oxygens (including phenoxy) is 1. The Morgan fingerprint density at radius 1 is 0.950 bits per heavy atom. The molecule has 3 rings (SSSR count). The standard InChI is InChI=1S/C18H17NO/c1-13-7-9-16(10-8-13)20-12-15-11-14(2)19-18-6-4-3-5-17(15)18/h3-11H,12H2,1-2H3. The van der Waals surface area contributed by atoms with Crippen molar-refractivity contribution in [1.29, 1.82) is 0 Å². The lowest BCUT2D eigenvalue weighted by molar-refractivity contribution is 0.307. The Morgan fingerprint density at radius 3 is 2.50 bits per heavy atom. The third kappa shape index (κ3) is 2.64. The Kier molecular flexibility index (Phi) is 3.38. The van der Waals surface area contributed by atoms with Crippen LogP contribution >= 0.6 is 0 Å². The number of hydrogen-bond acceptors (Lipinski definition) is 2. The molecule has 1 heterocycles. The number of fused-ring (bicyclic) bond motifs is 1. The normalized spacial score (nSPS) is 10.7. The molecule has 2 nitrogen and oxygen atoms in total. The van der Waals surface area contributed by atoms with Crippen molar-refractivity contribution in [3.8, 4) is 5.75 Å². The maximum Gasteiger partial charge on any atom is 0.119 e. The zero-order valence-corrected chi connectivity index (χ0v) is 11.8. The Hall–Kier alpha value is -2.35. The molecule has 1 aromatic heterocycles. The number of aryl methyl sites for hydroxylation is 2. The monoisotopic (exact) mass is 263 g/mol. The summed E-state index contributed by atoms with van der Waals surface area (Å²) in [7, 11) is 0. The van der Waals surface area contributed by atoms with Gasteiger partial charge in [-0.15, -0.1) is 0 Å². The number of rotatable bonds is 3. The summed E-state index contributed by atoms with van der Waals surface area (Å²) in [6.45, 7) is 4.65. The van der Waals surface area contributed by atoms with Crippen molar-refractivity contribution in [2.75, 3.05) is 0 Å². The van der Waals surface area contributed by atoms with Gasteiger partial charge in [0.05, 0.1) is 5.52 Å². The first-order valence-corrected chi connectivity index (χ1v) is 6.77. The minimum atomic E-state index is 0.562. The van der Waals surface area contributed by atoms with Crippen LogP contribution in [0.5, 0.6) is 5.75 Å². The fourth-order valence-electron chi connectivity index (χ4n) is 2.31. The molecule has 0 aliphatic carbocycles. The molecular formula is C18H17NO. The average molecular weight is 263 g/mol. The second-order valence-electron chi connectivity index (χ2n) is 5.04. The van der Waals surface area contributed by atoms with E-state index < -0.39 is 0 Å². The molecule has 3 aromatic rings. The zero-order chi connectivity index (χ0) is 13.9. The van der Waals surface area contributed by atoms with Crippen LogP contribution in [0, 0.1) is 13.8 Å². The summed E-state index contributed by atoms with van der Waals surface area (Å²) in [5, 5.41) is 1.16. The Labute approximate surface area is 119 Å². The number of benzene rings is 2. The van der Waals surface area contributed by atoms with Gasteiger partial charge in [0, 0.05) is 16.6 Å². The maximum atomic E-state index is 5.88. The summed E-state index contributed by atoms with van der Waals surface area (Å²) in [4.78, 5) is 4.55. The minimum Gasteiger partial charge on any atom is -0.489 e. The van der Waals surface area contributed by atoms with Gasteiger partial charge in [0.25, 0.3) is 0 Å². The van der Waals surface area contributed by atoms with Crippen LogP contribution in [0.2, 0.25) is 0 Å². The van der Waals surface area contributed by atoms with Crippen molar-refractivity contribution in [3.63, 3.8) is 0 Å². The van der Waals surface area contributed by atoms with Gasteiger partial charge in [-0.3, -0.25) is 4.98 Å². The molecular weight excluding hydrogens is 246 g/mol. The van der Waals surface area contributed by atoms with Crippen LogP contribution in [0.15, 0.2) is 54.6 Å². The van der Waals surface area contributed by atoms with E-state index in [4.69, 9.17) is 4.74 Å². The van der Waals surface area contributed by atoms with Gasteiger partial charge in [-0.2, -0.15) is 0 Å². The van der Waals surface area contributed by atoms with Crippen LogP contribution in [-0.4, -0.2) is 4.98 Å². The average Bonchev–Trinajstić information content (AvgIpc) is 2.46.